The van der Waals surface area contributed by atoms with E-state index in [0.29, 0.717) is 52.8 Å². The summed E-state index contributed by atoms with van der Waals surface area (Å²) in [5.41, 5.74) is 17.6. The van der Waals surface area contributed by atoms with Gasteiger partial charge in [0.15, 0.2) is 0 Å². The summed E-state index contributed by atoms with van der Waals surface area (Å²) in [5.74, 6) is 9.32. The monoisotopic (exact) mass is 1760 g/mol. The molecular weight excluding hydrogens is 1610 g/mol. The van der Waals surface area contributed by atoms with Gasteiger partial charge in [-0.2, -0.15) is 0 Å². The maximum atomic E-state index is 4.93. The van der Waals surface area contributed by atoms with Crippen molar-refractivity contribution in [1.29, 1.82) is 0 Å². The summed E-state index contributed by atoms with van der Waals surface area (Å²) in [7, 11) is 19.7. The van der Waals surface area contributed by atoms with E-state index < -0.39 is 41.7 Å². The zero-order valence-electron chi connectivity index (χ0n) is 74.6. The minimum atomic E-state index is -0.826. The quantitative estimate of drug-likeness (QED) is 0.0935. The van der Waals surface area contributed by atoms with Gasteiger partial charge in [0.1, 0.15) is 0 Å². The van der Waals surface area contributed by atoms with Crippen molar-refractivity contribution >= 4 is 34.1 Å². The molecule has 2 aromatic carbocycles. The van der Waals surface area contributed by atoms with Crippen LogP contribution in [0.3, 0.4) is 0 Å². The van der Waals surface area contributed by atoms with Gasteiger partial charge in [0.05, 0.1) is 0 Å². The van der Waals surface area contributed by atoms with E-state index in [1.165, 1.54) is 179 Å². The van der Waals surface area contributed by atoms with E-state index in [9.17, 15) is 0 Å². The number of allylic oxidation sites excluding steroid dienone is 30. The summed E-state index contributed by atoms with van der Waals surface area (Å²) in [4.78, 5) is 0. The first-order chi connectivity index (χ1) is 51.6. The van der Waals surface area contributed by atoms with E-state index in [0.717, 1.165) is 55.3 Å². The second-order valence-corrected chi connectivity index (χ2v) is 46.2. The molecule has 2 aromatic rings. The van der Waals surface area contributed by atoms with Crippen LogP contribution in [0.15, 0.2) is 216 Å². The van der Waals surface area contributed by atoms with Gasteiger partial charge < -0.3 is 35.2 Å². The first-order valence-electron chi connectivity index (χ1n) is 43.1. The number of benzene rings is 2. The van der Waals surface area contributed by atoms with Gasteiger partial charge in [-0.15, -0.1) is 0 Å². The summed E-state index contributed by atoms with van der Waals surface area (Å²) in [5, 5.41) is 0. The molecule has 0 radical (unpaired) electrons. The first-order valence-corrected chi connectivity index (χ1v) is 55.7. The second kappa shape index (κ2) is 48.2. The molecule has 0 aliphatic heterocycles. The van der Waals surface area contributed by atoms with E-state index in [-0.39, 0.29) is 62.3 Å². The summed E-state index contributed by atoms with van der Waals surface area (Å²) < 4.78 is 0. The van der Waals surface area contributed by atoms with Crippen LogP contribution in [-0.4, -0.2) is 5.48 Å². The number of hydrogen-bond acceptors (Lipinski definition) is 0. The molecule has 0 bridgehead atoms. The fraction of sp³-hybridized carbons (Fsp3) is 0.566. The van der Waals surface area contributed by atoms with Gasteiger partial charge in [0.2, 0.25) is 0 Å². The van der Waals surface area contributed by atoms with Crippen LogP contribution in [0, 0.1) is 122 Å². The van der Waals surface area contributed by atoms with Crippen molar-refractivity contribution in [2.24, 2.45) is 92.7 Å². The standard InChI is InChI=1S/C42H60.C42H50.C9H18.C9H14.4CH3.4ClH.H2O.2Zr/c2*1-40(2,3)32-22-24-35-36-25-23-33(41(4,5)6)28-38(36)39(37(35)27-32)42(7,31-17-11-12-18-31)26-14-8-9-15-29-20-21-30-16-10-13-19-34(29)30;2*1-2-3-6-9-7-4-5-8-9;;;;;;;;;;;/h8-10,13,16,19,22-25,27-31,34-39H,11-12,14-15,17-18,20-21,26H2,1-7H3;8-11,13,16-20,22-25,27-28,30,34,39H,12,14-15,21,26H2,1-7H3;9H,2-8H2,1H3;4,7-8H,2-3,5-6H2,1H3;4*1H3;4*1H;1H2;;/q;;;;4*-1;;;;;;2*+4/p-4/b2*9-8+;;;;;;;;;;;;;. The first kappa shape index (κ1) is 103. The summed E-state index contributed by atoms with van der Waals surface area (Å²) in [6, 6.07) is 14.7. The Balaban J connectivity index is 0.000000356. The Morgan fingerprint density at radius 1 is 0.478 bits per heavy atom. The average Bonchev–Trinajstić information content (AvgIpc) is 1.57. The Morgan fingerprint density at radius 3 is 1.51 bits per heavy atom. The van der Waals surface area contributed by atoms with E-state index in [4.69, 9.17) is 34.1 Å². The van der Waals surface area contributed by atoms with Gasteiger partial charge in [0, 0.05) is 17.3 Å². The van der Waals surface area contributed by atoms with E-state index in [1.807, 2.05) is 0 Å². The predicted octanol–water partition coefficient (Wildman–Crippen LogP) is 33.7. The molecule has 0 saturated heterocycles. The molecule has 113 heavy (non-hydrogen) atoms. The van der Waals surface area contributed by atoms with Gasteiger partial charge in [-0.05, 0) is 239 Å². The van der Waals surface area contributed by atoms with Crippen molar-refractivity contribution in [3.8, 4) is 11.1 Å². The topological polar surface area (TPSA) is 31.5 Å². The van der Waals surface area contributed by atoms with Crippen LogP contribution in [0.2, 0.25) is 0 Å². The number of halogens is 4. The average molecular weight is 1770 g/mol. The molecule has 11 atom stereocenters. The summed E-state index contributed by atoms with van der Waals surface area (Å²) in [6.07, 6.45) is 94.7. The second-order valence-electron chi connectivity index (χ2n) is 38.8. The van der Waals surface area contributed by atoms with Crippen molar-refractivity contribution in [1.82, 2.24) is 0 Å². The van der Waals surface area contributed by atoms with Gasteiger partial charge in [0.25, 0.3) is 0 Å². The predicted molar refractivity (Wildman–Crippen MR) is 499 cm³/mol. The molecule has 1 nitrogen and oxygen atoms in total. The number of fused-ring (bicyclic) bond motifs is 8. The van der Waals surface area contributed by atoms with Crippen LogP contribution in [-0.2, 0) is 52.5 Å². The molecule has 4 fully saturated rings. The van der Waals surface area contributed by atoms with Gasteiger partial charge in [-0.3, -0.25) is 0 Å². The number of rotatable bonds is 20. The van der Waals surface area contributed by atoms with Crippen molar-refractivity contribution in [2.45, 2.75) is 288 Å². The third kappa shape index (κ3) is 27.2. The molecule has 0 spiro atoms. The van der Waals surface area contributed by atoms with Gasteiger partial charge in [-0.1, -0.05) is 374 Å². The van der Waals surface area contributed by atoms with Crippen LogP contribution >= 0.6 is 34.1 Å². The van der Waals surface area contributed by atoms with E-state index in [1.54, 1.807) is 16.7 Å². The van der Waals surface area contributed by atoms with Gasteiger partial charge >= 0.3 is 75.7 Å². The molecular formula is C106H156Cl4OZr2. The molecule has 12 aliphatic rings. The van der Waals surface area contributed by atoms with E-state index >= 15 is 0 Å². The molecule has 11 unspecified atom stereocenters. The molecule has 0 heterocycles. The van der Waals surface area contributed by atoms with Crippen molar-refractivity contribution in [3.05, 3.63) is 268 Å². The Kier molecular flexibility index (Phi) is 43.8. The molecule has 12 aliphatic carbocycles. The Labute approximate surface area is 734 Å². The summed E-state index contributed by atoms with van der Waals surface area (Å²) in [6.45, 7) is 38.4. The maximum absolute atomic E-state index is 4.93. The van der Waals surface area contributed by atoms with Crippen LogP contribution in [0.1, 0.15) is 299 Å². The zero-order valence-corrected chi connectivity index (χ0v) is 82.5. The molecule has 622 valence electrons. The molecule has 7 heteroatoms. The van der Waals surface area contributed by atoms with Crippen LogP contribution in [0.25, 0.3) is 11.1 Å². The molecule has 2 N–H and O–H groups in total. The molecule has 14 rings (SSSR count). The SMILES string of the molecule is CC(C)(C)C1=CC2C(C=C1)C1C=CC(C(C)(C)C)=CC1C2C(C)(CC/C=C/CC1CCC2C=CC=CC21)C1CCCC1.CC(C)(C)c1ccc2c(c1)C(C(C)(CC/C=C/CC1=CCC3C=CC=CC13)C1=CCC=C1)c1cc(C(C)(C)C)ccc1-2.CCCCC1=CCC=C1.CCCCC1CCCC1.O.[CH3-].[CH3-].[CH3-].[CH3-].[Cl][Zr+2][Cl].[Cl][Zr+2][Cl]. The normalized spacial score (nSPS) is 25.5. The Morgan fingerprint density at radius 2 is 0.991 bits per heavy atom. The third-order valence-corrected chi connectivity index (χ3v) is 27.5. The number of unbranched alkanes of at least 4 members (excludes halogenated alkanes) is 2. The fourth-order valence-electron chi connectivity index (χ4n) is 21.1. The zero-order chi connectivity index (χ0) is 77.9. The van der Waals surface area contributed by atoms with Crippen molar-refractivity contribution < 1.29 is 47.2 Å². The third-order valence-electron chi connectivity index (χ3n) is 27.5. The van der Waals surface area contributed by atoms with Crippen LogP contribution < -0.4 is 0 Å². The summed E-state index contributed by atoms with van der Waals surface area (Å²) >= 11 is -1.65. The molecule has 0 aromatic heterocycles. The molecule has 0 amide bonds. The fourth-order valence-corrected chi connectivity index (χ4v) is 21.1. The Bertz CT molecular complexity index is 3600. The number of hydrogen-bond donors (Lipinski definition) is 0. The van der Waals surface area contributed by atoms with Crippen LogP contribution in [0.4, 0.5) is 0 Å². The van der Waals surface area contributed by atoms with Gasteiger partial charge in [-0.25, -0.2) is 0 Å². The van der Waals surface area contributed by atoms with Crippen LogP contribution in [0.5, 0.6) is 0 Å². The molecule has 4 saturated carbocycles. The van der Waals surface area contributed by atoms with Crippen molar-refractivity contribution in [2.75, 3.05) is 0 Å². The van der Waals surface area contributed by atoms with Crippen molar-refractivity contribution in [3.63, 3.8) is 0 Å². The Hall–Kier alpha value is -2.57. The minimum absolute atomic E-state index is 0. The van der Waals surface area contributed by atoms with E-state index in [2.05, 4.69) is 299 Å².